The summed E-state index contributed by atoms with van der Waals surface area (Å²) in [5.41, 5.74) is 3.38. The summed E-state index contributed by atoms with van der Waals surface area (Å²) < 4.78 is 22.9. The Balaban J connectivity index is 1.59. The van der Waals surface area contributed by atoms with Crippen LogP contribution in [0.1, 0.15) is 22.8 Å². The van der Waals surface area contributed by atoms with Crippen LogP contribution in [0.25, 0.3) is 6.08 Å². The molecule has 4 nitrogen and oxygen atoms in total. The smallest absolute Gasteiger partial charge is 0.231 e. The predicted molar refractivity (Wildman–Crippen MR) is 89.8 cm³/mol. The van der Waals surface area contributed by atoms with Gasteiger partial charge in [0.25, 0.3) is 0 Å². The number of methoxy groups -OCH3 is 1. The van der Waals surface area contributed by atoms with Gasteiger partial charge < -0.3 is 18.9 Å². The Hall–Kier alpha value is -1.98. The Morgan fingerprint density at radius 3 is 2.83 bits per heavy atom. The second-order valence-electron chi connectivity index (χ2n) is 5.38. The van der Waals surface area contributed by atoms with Crippen LogP contribution in [0.4, 0.5) is 0 Å². The number of hydrogen-bond acceptors (Lipinski definition) is 4. The fourth-order valence-electron chi connectivity index (χ4n) is 2.79. The van der Waals surface area contributed by atoms with Crippen molar-refractivity contribution in [2.75, 3.05) is 13.9 Å². The van der Waals surface area contributed by atoms with Gasteiger partial charge in [-0.2, -0.15) is 0 Å². The lowest BCUT2D eigenvalue weighted by molar-refractivity contribution is 0.0996. The summed E-state index contributed by atoms with van der Waals surface area (Å²) in [4.78, 5) is 0. The molecule has 1 unspecified atom stereocenters. The van der Waals surface area contributed by atoms with E-state index in [0.29, 0.717) is 6.61 Å². The lowest BCUT2D eigenvalue weighted by Gasteiger charge is -2.07. The summed E-state index contributed by atoms with van der Waals surface area (Å²) in [7, 11) is 1.67. The van der Waals surface area contributed by atoms with Gasteiger partial charge in [0.1, 0.15) is 11.9 Å². The van der Waals surface area contributed by atoms with Crippen LogP contribution in [0.3, 0.4) is 0 Å². The molecule has 1 atom stereocenters. The quantitative estimate of drug-likeness (QED) is 0.793. The molecule has 5 heteroatoms. The normalized spacial score (nSPS) is 18.4. The van der Waals surface area contributed by atoms with Crippen LogP contribution in [-0.2, 0) is 11.3 Å². The number of rotatable bonds is 3. The molecule has 0 spiro atoms. The summed E-state index contributed by atoms with van der Waals surface area (Å²) in [6.07, 6.45) is 4.05. The van der Waals surface area contributed by atoms with Gasteiger partial charge in [-0.15, -0.1) is 0 Å². The van der Waals surface area contributed by atoms with E-state index in [1.165, 1.54) is 11.1 Å². The maximum absolute atomic E-state index is 5.86. The Kier molecular flexibility index (Phi) is 3.75. The second-order valence-corrected chi connectivity index (χ2v) is 6.24. The van der Waals surface area contributed by atoms with E-state index in [-0.39, 0.29) is 12.9 Å². The van der Waals surface area contributed by atoms with Crippen molar-refractivity contribution in [1.29, 1.82) is 0 Å². The molecule has 2 aromatic rings. The standard InChI is InChI=1S/C18H15BrO4/c1-20-13-3-4-14-12(6-13)9-21-16(14)5-2-11-7-17-18(8-15(11)19)23-10-22-17/h2-8,16H,9-10H2,1H3/b5-2+. The Bertz CT molecular complexity index is 785. The van der Waals surface area contributed by atoms with Gasteiger partial charge in [-0.05, 0) is 41.0 Å². The van der Waals surface area contributed by atoms with Gasteiger partial charge in [0, 0.05) is 4.47 Å². The number of ether oxygens (including phenoxy) is 4. The third kappa shape index (κ3) is 2.71. The lowest BCUT2D eigenvalue weighted by Crippen LogP contribution is -1.92. The first-order chi connectivity index (χ1) is 11.2. The maximum atomic E-state index is 5.86. The molecular formula is C18H15BrO4. The first kappa shape index (κ1) is 14.6. The van der Waals surface area contributed by atoms with Crippen LogP contribution in [-0.4, -0.2) is 13.9 Å². The molecular weight excluding hydrogens is 360 g/mol. The number of hydrogen-bond donors (Lipinski definition) is 0. The molecule has 4 rings (SSSR count). The van der Waals surface area contributed by atoms with Crippen molar-refractivity contribution in [3.63, 3.8) is 0 Å². The average molecular weight is 375 g/mol. The molecule has 0 radical (unpaired) electrons. The minimum absolute atomic E-state index is 0.0479. The zero-order valence-electron chi connectivity index (χ0n) is 12.5. The minimum atomic E-state index is -0.0479. The number of benzene rings is 2. The van der Waals surface area contributed by atoms with Gasteiger partial charge in [-0.25, -0.2) is 0 Å². The fourth-order valence-corrected chi connectivity index (χ4v) is 3.25. The van der Waals surface area contributed by atoms with E-state index in [1.807, 2.05) is 30.3 Å². The van der Waals surface area contributed by atoms with Crippen molar-refractivity contribution in [2.45, 2.75) is 12.7 Å². The monoisotopic (exact) mass is 374 g/mol. The van der Waals surface area contributed by atoms with Gasteiger partial charge in [0.05, 0.1) is 13.7 Å². The highest BCUT2D eigenvalue weighted by atomic mass is 79.9. The van der Waals surface area contributed by atoms with Crippen LogP contribution in [0.15, 0.2) is 40.9 Å². The summed E-state index contributed by atoms with van der Waals surface area (Å²) >= 11 is 3.57. The minimum Gasteiger partial charge on any atom is -0.497 e. The molecule has 23 heavy (non-hydrogen) atoms. The number of halogens is 1. The van der Waals surface area contributed by atoms with Crippen LogP contribution < -0.4 is 14.2 Å². The van der Waals surface area contributed by atoms with Crippen LogP contribution in [0, 0.1) is 0 Å². The first-order valence-corrected chi connectivity index (χ1v) is 8.09. The van der Waals surface area contributed by atoms with E-state index in [9.17, 15) is 0 Å². The first-order valence-electron chi connectivity index (χ1n) is 7.30. The molecule has 2 aliphatic rings. The van der Waals surface area contributed by atoms with E-state index in [1.54, 1.807) is 7.11 Å². The molecule has 0 aliphatic carbocycles. The summed E-state index contributed by atoms with van der Waals surface area (Å²) in [6.45, 7) is 0.875. The average Bonchev–Trinajstić information content (AvgIpc) is 3.18. The van der Waals surface area contributed by atoms with Gasteiger partial charge in [-0.1, -0.05) is 34.1 Å². The third-order valence-electron chi connectivity index (χ3n) is 4.02. The van der Waals surface area contributed by atoms with Gasteiger partial charge >= 0.3 is 0 Å². The Morgan fingerprint density at radius 2 is 2.00 bits per heavy atom. The summed E-state index contributed by atoms with van der Waals surface area (Å²) in [5, 5.41) is 0. The van der Waals surface area contributed by atoms with Gasteiger partial charge in [0.2, 0.25) is 6.79 Å². The molecule has 0 saturated carbocycles. The largest absolute Gasteiger partial charge is 0.497 e. The van der Waals surface area contributed by atoms with E-state index < -0.39 is 0 Å². The van der Waals surface area contributed by atoms with Crippen molar-refractivity contribution < 1.29 is 18.9 Å². The SMILES string of the molecule is COc1ccc2c(c1)COC2/C=C/c1cc2c(cc1Br)OCO2. The zero-order chi connectivity index (χ0) is 15.8. The second kappa shape index (κ2) is 5.91. The molecule has 118 valence electrons. The fraction of sp³-hybridized carbons (Fsp3) is 0.222. The molecule has 0 amide bonds. The Labute approximate surface area is 142 Å². The summed E-state index contributed by atoms with van der Waals surface area (Å²) in [5.74, 6) is 2.39. The van der Waals surface area contributed by atoms with Crippen LogP contribution in [0.2, 0.25) is 0 Å². The highest BCUT2D eigenvalue weighted by Crippen LogP contribution is 2.39. The molecule has 0 aromatic heterocycles. The highest BCUT2D eigenvalue weighted by Gasteiger charge is 2.22. The topological polar surface area (TPSA) is 36.9 Å². The zero-order valence-corrected chi connectivity index (χ0v) is 14.1. The molecule has 0 fully saturated rings. The molecule has 2 heterocycles. The van der Waals surface area contributed by atoms with E-state index >= 15 is 0 Å². The van der Waals surface area contributed by atoms with Crippen molar-refractivity contribution in [3.8, 4) is 17.2 Å². The van der Waals surface area contributed by atoms with E-state index in [0.717, 1.165) is 27.3 Å². The van der Waals surface area contributed by atoms with Crippen molar-refractivity contribution in [1.82, 2.24) is 0 Å². The van der Waals surface area contributed by atoms with Crippen molar-refractivity contribution in [2.24, 2.45) is 0 Å². The molecule has 0 saturated heterocycles. The van der Waals surface area contributed by atoms with Crippen LogP contribution in [0.5, 0.6) is 17.2 Å². The van der Waals surface area contributed by atoms with Crippen molar-refractivity contribution >= 4 is 22.0 Å². The molecule has 2 aromatic carbocycles. The molecule has 0 N–H and O–H groups in total. The highest BCUT2D eigenvalue weighted by molar-refractivity contribution is 9.10. The summed E-state index contributed by atoms with van der Waals surface area (Å²) in [6, 6.07) is 9.94. The van der Waals surface area contributed by atoms with Crippen molar-refractivity contribution in [3.05, 3.63) is 57.6 Å². The van der Waals surface area contributed by atoms with E-state index in [4.69, 9.17) is 18.9 Å². The van der Waals surface area contributed by atoms with Gasteiger partial charge in [0.15, 0.2) is 11.5 Å². The lowest BCUT2D eigenvalue weighted by atomic mass is 10.0. The van der Waals surface area contributed by atoms with Crippen LogP contribution >= 0.6 is 15.9 Å². The third-order valence-corrected chi connectivity index (χ3v) is 4.70. The predicted octanol–water partition coefficient (Wildman–Crippen LogP) is 4.47. The Morgan fingerprint density at radius 1 is 1.17 bits per heavy atom. The van der Waals surface area contributed by atoms with Gasteiger partial charge in [-0.3, -0.25) is 0 Å². The maximum Gasteiger partial charge on any atom is 0.231 e. The number of fused-ring (bicyclic) bond motifs is 2. The molecule has 0 bridgehead atoms. The molecule has 2 aliphatic heterocycles. The van der Waals surface area contributed by atoms with E-state index in [2.05, 4.69) is 28.1 Å².